The van der Waals surface area contributed by atoms with Crippen LogP contribution in [0.2, 0.25) is 0 Å². The van der Waals surface area contributed by atoms with Crippen molar-refractivity contribution in [2.24, 2.45) is 0 Å². The first-order valence-corrected chi connectivity index (χ1v) is 5.48. The number of anilines is 1. The molecule has 1 aromatic carbocycles. The first-order valence-electron chi connectivity index (χ1n) is 5.48. The lowest BCUT2D eigenvalue weighted by atomic mass is 10.3. The van der Waals surface area contributed by atoms with Crippen LogP contribution in [0.1, 0.15) is 6.92 Å². The smallest absolute Gasteiger partial charge is 0.249 e. The van der Waals surface area contributed by atoms with Gasteiger partial charge in [-0.1, -0.05) is 0 Å². The van der Waals surface area contributed by atoms with Crippen molar-refractivity contribution in [3.05, 3.63) is 36.2 Å². The minimum atomic E-state index is -0.725. The number of aromatic nitrogens is 2. The predicted octanol–water partition coefficient (Wildman–Crippen LogP) is 2.53. The van der Waals surface area contributed by atoms with E-state index in [1.54, 1.807) is 6.92 Å². The van der Waals surface area contributed by atoms with Crippen LogP contribution in [0.4, 0.5) is 14.5 Å². The topological polar surface area (TPSA) is 70.3 Å². The second kappa shape index (κ2) is 5.47. The maximum atomic E-state index is 13.4. The molecule has 1 aromatic heterocycles. The number of rotatable bonds is 4. The summed E-state index contributed by atoms with van der Waals surface area (Å²) in [4.78, 5) is 7.56. The summed E-state index contributed by atoms with van der Waals surface area (Å²) in [5.41, 5.74) is 5.74. The molecule has 1 heterocycles. The Morgan fingerprint density at radius 2 is 1.95 bits per heavy atom. The van der Waals surface area contributed by atoms with E-state index in [1.807, 2.05) is 0 Å². The summed E-state index contributed by atoms with van der Waals surface area (Å²) in [5, 5.41) is 0. The summed E-state index contributed by atoms with van der Waals surface area (Å²) in [6, 6.07) is 2.83. The molecule has 0 amide bonds. The molecular weight excluding hydrogens is 256 g/mol. The number of nitrogens with zero attached hydrogens (tertiary/aromatic N) is 2. The largest absolute Gasteiger partial charge is 0.476 e. The van der Waals surface area contributed by atoms with E-state index in [1.165, 1.54) is 0 Å². The number of hydrogen-bond acceptors (Lipinski definition) is 5. The molecule has 2 rings (SSSR count). The summed E-state index contributed by atoms with van der Waals surface area (Å²) in [7, 11) is 0. The van der Waals surface area contributed by atoms with Gasteiger partial charge < -0.3 is 15.2 Å². The van der Waals surface area contributed by atoms with Gasteiger partial charge in [0.05, 0.1) is 6.61 Å². The molecule has 100 valence electrons. The van der Waals surface area contributed by atoms with E-state index >= 15 is 0 Å². The van der Waals surface area contributed by atoms with E-state index in [-0.39, 0.29) is 23.2 Å². The highest BCUT2D eigenvalue weighted by molar-refractivity contribution is 5.56. The Balaban J connectivity index is 2.33. The molecule has 0 aliphatic carbocycles. The maximum absolute atomic E-state index is 13.4. The summed E-state index contributed by atoms with van der Waals surface area (Å²) in [5.74, 6) is -1.63. The summed E-state index contributed by atoms with van der Waals surface area (Å²) < 4.78 is 36.7. The SMILES string of the molecule is CCOc1ncnc(Oc2cc(F)ccc2F)c1N. The van der Waals surface area contributed by atoms with Crippen LogP contribution in [0.15, 0.2) is 24.5 Å². The Kier molecular flexibility index (Phi) is 3.74. The van der Waals surface area contributed by atoms with Crippen molar-refractivity contribution in [3.63, 3.8) is 0 Å². The number of halogens is 2. The van der Waals surface area contributed by atoms with E-state index in [4.69, 9.17) is 15.2 Å². The van der Waals surface area contributed by atoms with Crippen molar-refractivity contribution in [2.45, 2.75) is 6.92 Å². The fourth-order valence-corrected chi connectivity index (χ4v) is 1.36. The van der Waals surface area contributed by atoms with Gasteiger partial charge in [0.2, 0.25) is 11.8 Å². The zero-order valence-corrected chi connectivity index (χ0v) is 10.1. The van der Waals surface area contributed by atoms with Crippen molar-refractivity contribution in [1.82, 2.24) is 9.97 Å². The van der Waals surface area contributed by atoms with Gasteiger partial charge in [-0.3, -0.25) is 0 Å². The highest BCUT2D eigenvalue weighted by Gasteiger charge is 2.13. The van der Waals surface area contributed by atoms with Crippen LogP contribution in [0, 0.1) is 11.6 Å². The molecule has 7 heteroatoms. The third kappa shape index (κ3) is 2.87. The van der Waals surface area contributed by atoms with Gasteiger partial charge in [-0.15, -0.1) is 0 Å². The molecule has 0 bridgehead atoms. The zero-order valence-electron chi connectivity index (χ0n) is 10.1. The zero-order chi connectivity index (χ0) is 13.8. The third-order valence-corrected chi connectivity index (χ3v) is 2.19. The van der Waals surface area contributed by atoms with E-state index < -0.39 is 11.6 Å². The van der Waals surface area contributed by atoms with Gasteiger partial charge in [-0.2, -0.15) is 9.97 Å². The Labute approximate surface area is 108 Å². The molecule has 2 aromatic rings. The lowest BCUT2D eigenvalue weighted by Crippen LogP contribution is -2.03. The van der Waals surface area contributed by atoms with E-state index in [9.17, 15) is 8.78 Å². The maximum Gasteiger partial charge on any atom is 0.249 e. The molecule has 0 aliphatic rings. The van der Waals surface area contributed by atoms with Gasteiger partial charge in [0.15, 0.2) is 17.3 Å². The van der Waals surface area contributed by atoms with Crippen LogP contribution < -0.4 is 15.2 Å². The van der Waals surface area contributed by atoms with Gasteiger partial charge in [0.1, 0.15) is 12.1 Å². The quantitative estimate of drug-likeness (QED) is 0.921. The van der Waals surface area contributed by atoms with E-state index in [0.717, 1.165) is 24.5 Å². The van der Waals surface area contributed by atoms with Crippen molar-refractivity contribution in [3.8, 4) is 17.5 Å². The predicted molar refractivity (Wildman–Crippen MR) is 64.0 cm³/mol. The molecule has 19 heavy (non-hydrogen) atoms. The van der Waals surface area contributed by atoms with Crippen LogP contribution in [0.5, 0.6) is 17.5 Å². The first kappa shape index (κ1) is 13.0. The molecular formula is C12H11F2N3O2. The van der Waals surface area contributed by atoms with Gasteiger partial charge in [0, 0.05) is 6.07 Å². The third-order valence-electron chi connectivity index (χ3n) is 2.19. The first-order chi connectivity index (χ1) is 9.11. The Bertz CT molecular complexity index is 593. The van der Waals surface area contributed by atoms with Crippen molar-refractivity contribution in [2.75, 3.05) is 12.3 Å². The average molecular weight is 267 g/mol. The van der Waals surface area contributed by atoms with Crippen LogP contribution in [0.25, 0.3) is 0 Å². The number of nitrogens with two attached hydrogens (primary N) is 1. The fourth-order valence-electron chi connectivity index (χ4n) is 1.36. The minimum Gasteiger partial charge on any atom is -0.476 e. The number of ether oxygens (including phenoxy) is 2. The minimum absolute atomic E-state index is 0.0213. The summed E-state index contributed by atoms with van der Waals surface area (Å²) >= 11 is 0. The number of benzene rings is 1. The molecule has 0 saturated heterocycles. The van der Waals surface area contributed by atoms with E-state index in [2.05, 4.69) is 9.97 Å². The van der Waals surface area contributed by atoms with Gasteiger partial charge in [-0.05, 0) is 19.1 Å². The van der Waals surface area contributed by atoms with Gasteiger partial charge >= 0.3 is 0 Å². The van der Waals surface area contributed by atoms with Crippen LogP contribution >= 0.6 is 0 Å². The molecule has 0 aliphatic heterocycles. The van der Waals surface area contributed by atoms with Crippen molar-refractivity contribution < 1.29 is 18.3 Å². The summed E-state index contributed by atoms with van der Waals surface area (Å²) in [6.45, 7) is 2.11. The second-order valence-electron chi connectivity index (χ2n) is 3.51. The molecule has 0 fully saturated rings. The highest BCUT2D eigenvalue weighted by Crippen LogP contribution is 2.31. The normalized spacial score (nSPS) is 10.3. The monoisotopic (exact) mass is 267 g/mol. The molecule has 0 unspecified atom stereocenters. The molecule has 0 saturated carbocycles. The van der Waals surface area contributed by atoms with Crippen molar-refractivity contribution >= 4 is 5.69 Å². The van der Waals surface area contributed by atoms with Crippen LogP contribution in [-0.4, -0.2) is 16.6 Å². The van der Waals surface area contributed by atoms with Crippen LogP contribution in [-0.2, 0) is 0 Å². The number of hydrogen-bond donors (Lipinski definition) is 1. The van der Waals surface area contributed by atoms with Gasteiger partial charge in [-0.25, -0.2) is 8.78 Å². The fraction of sp³-hybridized carbons (Fsp3) is 0.167. The lowest BCUT2D eigenvalue weighted by Gasteiger charge is -2.10. The Morgan fingerprint density at radius 1 is 1.21 bits per heavy atom. The highest BCUT2D eigenvalue weighted by atomic mass is 19.1. The second-order valence-corrected chi connectivity index (χ2v) is 3.51. The van der Waals surface area contributed by atoms with Crippen LogP contribution in [0.3, 0.4) is 0 Å². The Morgan fingerprint density at radius 3 is 2.68 bits per heavy atom. The van der Waals surface area contributed by atoms with Gasteiger partial charge in [0.25, 0.3) is 0 Å². The van der Waals surface area contributed by atoms with Crippen molar-refractivity contribution in [1.29, 1.82) is 0 Å². The summed E-state index contributed by atoms with van der Waals surface area (Å²) in [6.07, 6.45) is 1.16. The lowest BCUT2D eigenvalue weighted by molar-refractivity contribution is 0.324. The Hall–Kier alpha value is -2.44. The number of nitrogen functional groups attached to an aromatic ring is 1. The van der Waals surface area contributed by atoms with E-state index in [0.29, 0.717) is 6.61 Å². The average Bonchev–Trinajstić information content (AvgIpc) is 2.39. The molecule has 0 atom stereocenters. The standard InChI is InChI=1S/C12H11F2N3O2/c1-2-18-11-10(15)12(17-6-16-11)19-9-5-7(13)3-4-8(9)14/h3-6H,2,15H2,1H3. The molecule has 2 N–H and O–H groups in total. The molecule has 5 nitrogen and oxygen atoms in total. The molecule has 0 radical (unpaired) electrons. The molecule has 0 spiro atoms.